The number of nitrogens with two attached hydrogens (primary N) is 1. The van der Waals surface area contributed by atoms with Gasteiger partial charge in [-0.2, -0.15) is 13.5 Å². The van der Waals surface area contributed by atoms with Gasteiger partial charge in [0.05, 0.1) is 30.9 Å². The maximum atomic E-state index is 13.5. The average Bonchev–Trinajstić information content (AvgIpc) is 3.41. The predicted molar refractivity (Wildman–Crippen MR) is 123 cm³/mol. The van der Waals surface area contributed by atoms with E-state index in [0.717, 1.165) is 5.56 Å². The van der Waals surface area contributed by atoms with Crippen LogP contribution in [0.25, 0.3) is 0 Å². The lowest BCUT2D eigenvalue weighted by molar-refractivity contribution is 0.0936. The Kier molecular flexibility index (Phi) is 7.21. The van der Waals surface area contributed by atoms with Crippen molar-refractivity contribution in [2.24, 2.45) is 11.1 Å². The molecule has 11 nitrogen and oxygen atoms in total. The van der Waals surface area contributed by atoms with Crippen molar-refractivity contribution < 1.29 is 26.9 Å². The first-order valence-electron chi connectivity index (χ1n) is 10.9. The van der Waals surface area contributed by atoms with Crippen molar-refractivity contribution in [1.29, 1.82) is 0 Å². The summed E-state index contributed by atoms with van der Waals surface area (Å²) in [5.74, 6) is -0.919. The lowest BCUT2D eigenvalue weighted by atomic mass is 10.1. The number of nitrogens with one attached hydrogen (secondary N) is 1. The number of ketones is 1. The zero-order valence-corrected chi connectivity index (χ0v) is 19.7. The van der Waals surface area contributed by atoms with Crippen LogP contribution >= 0.6 is 0 Å². The highest BCUT2D eigenvalue weighted by Crippen LogP contribution is 2.30. The van der Waals surface area contributed by atoms with E-state index in [-0.39, 0.29) is 29.5 Å². The highest BCUT2D eigenvalue weighted by atomic mass is 32.2. The normalized spacial score (nSPS) is 20.2. The Morgan fingerprint density at radius 1 is 1.34 bits per heavy atom. The van der Waals surface area contributed by atoms with Crippen molar-refractivity contribution in [2.45, 2.75) is 38.5 Å². The summed E-state index contributed by atoms with van der Waals surface area (Å²) in [6.07, 6.45) is 4.35. The van der Waals surface area contributed by atoms with Gasteiger partial charge >= 0.3 is 10.3 Å². The number of aliphatic hydroxyl groups excluding tert-OH is 1. The first kappa shape index (κ1) is 24.9. The molecule has 0 bridgehead atoms. The highest BCUT2D eigenvalue weighted by molar-refractivity contribution is 7.84. The van der Waals surface area contributed by atoms with Crippen LogP contribution in [-0.2, 0) is 21.0 Å². The molecule has 0 radical (unpaired) electrons. The number of aliphatic hydroxyl groups is 1. The fourth-order valence-electron chi connectivity index (χ4n) is 4.07. The zero-order valence-electron chi connectivity index (χ0n) is 18.8. The smallest absolute Gasteiger partial charge is 0.333 e. The molecule has 2 heterocycles. The summed E-state index contributed by atoms with van der Waals surface area (Å²) in [5, 5.41) is 22.9. The van der Waals surface area contributed by atoms with Crippen molar-refractivity contribution in [3.05, 3.63) is 71.2 Å². The lowest BCUT2D eigenvalue weighted by Gasteiger charge is -2.21. The number of anilines is 1. The van der Waals surface area contributed by atoms with Gasteiger partial charge in [-0.25, -0.2) is 19.5 Å². The number of aromatic nitrogens is 4. The number of benzene rings is 1. The summed E-state index contributed by atoms with van der Waals surface area (Å²) in [7, 11) is -4.10. The van der Waals surface area contributed by atoms with E-state index in [2.05, 4.69) is 24.6 Å². The minimum atomic E-state index is -4.10. The number of aryl methyl sites for hydroxylation is 1. The third-order valence-corrected chi connectivity index (χ3v) is 6.37. The number of hydrogen-bond acceptors (Lipinski definition) is 9. The van der Waals surface area contributed by atoms with Gasteiger partial charge in [-0.3, -0.25) is 13.7 Å². The van der Waals surface area contributed by atoms with Gasteiger partial charge in [0.1, 0.15) is 23.7 Å². The van der Waals surface area contributed by atoms with Gasteiger partial charge in [-0.1, -0.05) is 12.1 Å². The SMILES string of the molecule is Cc1cc(Cn2ccc(C(=O)c3cncnc3NC3CC[C@H](COS(N)(=O)=O)[C@H]3O)n2)ccc1F. The standard InChI is InChI=1S/C22H25FN6O5S/c1-13-8-14(2-4-17(13)23)10-29-7-6-19(28-29)21(31)16-9-25-12-26-22(16)27-18-5-3-15(20(18)30)11-34-35(24,32)33/h2,4,6-9,12,15,18,20,30H,3,5,10-11H2,1H3,(H2,24,32,33)(H,25,26,27)/t15-,18?,20-/m1/s1. The Hall–Kier alpha value is -3.26. The van der Waals surface area contributed by atoms with Gasteiger partial charge in [0.15, 0.2) is 0 Å². The zero-order chi connectivity index (χ0) is 25.2. The Labute approximate surface area is 201 Å². The first-order valence-corrected chi connectivity index (χ1v) is 12.3. The molecule has 4 N–H and O–H groups in total. The van der Waals surface area contributed by atoms with Crippen LogP contribution in [0, 0.1) is 18.7 Å². The topological polar surface area (TPSA) is 162 Å². The molecular weight excluding hydrogens is 479 g/mol. The highest BCUT2D eigenvalue weighted by Gasteiger charge is 2.36. The van der Waals surface area contributed by atoms with E-state index in [1.54, 1.807) is 36.0 Å². The number of carbonyl (C=O) groups is 1. The van der Waals surface area contributed by atoms with E-state index >= 15 is 0 Å². The Morgan fingerprint density at radius 2 is 2.14 bits per heavy atom. The second-order valence-electron chi connectivity index (χ2n) is 8.45. The van der Waals surface area contributed by atoms with Gasteiger partial charge in [-0.05, 0) is 43.0 Å². The molecule has 3 atom stereocenters. The maximum absolute atomic E-state index is 13.5. The number of halogens is 1. The fourth-order valence-corrected chi connectivity index (χ4v) is 4.44. The maximum Gasteiger partial charge on any atom is 0.333 e. The van der Waals surface area contributed by atoms with Crippen LogP contribution in [-0.4, -0.2) is 57.8 Å². The molecule has 1 aromatic carbocycles. The van der Waals surface area contributed by atoms with E-state index in [0.29, 0.717) is 24.9 Å². The molecule has 13 heteroatoms. The Balaban J connectivity index is 1.45. The minimum Gasteiger partial charge on any atom is -0.391 e. The Morgan fingerprint density at radius 3 is 2.89 bits per heavy atom. The van der Waals surface area contributed by atoms with Crippen molar-refractivity contribution in [2.75, 3.05) is 11.9 Å². The van der Waals surface area contributed by atoms with Crippen molar-refractivity contribution >= 4 is 21.9 Å². The monoisotopic (exact) mass is 504 g/mol. The molecule has 1 aliphatic carbocycles. The van der Waals surface area contributed by atoms with Crippen LogP contribution in [0.4, 0.5) is 10.2 Å². The quantitative estimate of drug-likeness (QED) is 0.363. The van der Waals surface area contributed by atoms with Crippen LogP contribution in [0.1, 0.15) is 40.0 Å². The molecule has 1 fully saturated rings. The molecule has 0 saturated heterocycles. The van der Waals surface area contributed by atoms with Crippen LogP contribution in [0.15, 0.2) is 43.0 Å². The molecule has 0 amide bonds. The molecule has 2 aromatic heterocycles. The average molecular weight is 505 g/mol. The summed E-state index contributed by atoms with van der Waals surface area (Å²) >= 11 is 0. The summed E-state index contributed by atoms with van der Waals surface area (Å²) in [5.41, 5.74) is 1.71. The van der Waals surface area contributed by atoms with Gasteiger partial charge in [0.25, 0.3) is 0 Å². The van der Waals surface area contributed by atoms with Crippen molar-refractivity contribution in [1.82, 2.24) is 19.7 Å². The summed E-state index contributed by atoms with van der Waals surface area (Å²) in [6, 6.07) is 5.86. The number of hydrogen-bond donors (Lipinski definition) is 3. The van der Waals surface area contributed by atoms with Crippen LogP contribution in [0.2, 0.25) is 0 Å². The van der Waals surface area contributed by atoms with E-state index in [4.69, 9.17) is 5.14 Å². The second-order valence-corrected chi connectivity index (χ2v) is 9.67. The number of carbonyl (C=O) groups excluding carboxylic acids is 1. The predicted octanol–water partition coefficient (Wildman–Crippen LogP) is 1.17. The second kappa shape index (κ2) is 10.2. The third-order valence-electron chi connectivity index (χ3n) is 5.91. The molecular formula is C22H25FN6O5S. The molecule has 0 aliphatic heterocycles. The molecule has 35 heavy (non-hydrogen) atoms. The van der Waals surface area contributed by atoms with Crippen molar-refractivity contribution in [3.8, 4) is 0 Å². The molecule has 0 spiro atoms. The summed E-state index contributed by atoms with van der Waals surface area (Å²) < 4.78 is 41.8. The van der Waals surface area contributed by atoms with Crippen molar-refractivity contribution in [3.63, 3.8) is 0 Å². The minimum absolute atomic E-state index is 0.173. The molecule has 4 rings (SSSR count). The summed E-state index contributed by atoms with van der Waals surface area (Å²) in [4.78, 5) is 21.3. The van der Waals surface area contributed by atoms with E-state index in [1.807, 2.05) is 0 Å². The van der Waals surface area contributed by atoms with E-state index in [9.17, 15) is 22.7 Å². The van der Waals surface area contributed by atoms with Gasteiger partial charge in [0.2, 0.25) is 5.78 Å². The number of nitrogens with zero attached hydrogens (tertiary/aromatic N) is 4. The van der Waals surface area contributed by atoms with Crippen LogP contribution in [0.5, 0.6) is 0 Å². The van der Waals surface area contributed by atoms with Gasteiger partial charge in [-0.15, -0.1) is 0 Å². The van der Waals surface area contributed by atoms with Gasteiger partial charge < -0.3 is 10.4 Å². The number of rotatable bonds is 9. The van der Waals surface area contributed by atoms with Gasteiger partial charge in [0, 0.05) is 18.3 Å². The van der Waals surface area contributed by atoms with Crippen LogP contribution < -0.4 is 10.5 Å². The van der Waals surface area contributed by atoms with E-state index in [1.165, 1.54) is 18.6 Å². The molecule has 186 valence electrons. The van der Waals surface area contributed by atoms with Crippen LogP contribution in [0.3, 0.4) is 0 Å². The summed E-state index contributed by atoms with van der Waals surface area (Å²) in [6.45, 7) is 1.80. The van der Waals surface area contributed by atoms with E-state index < -0.39 is 34.2 Å². The third kappa shape index (κ3) is 6.06. The molecule has 1 unspecified atom stereocenters. The fraction of sp³-hybridized carbons (Fsp3) is 0.364. The Bertz CT molecular complexity index is 1330. The first-order chi connectivity index (χ1) is 16.6. The molecule has 1 aliphatic rings. The lowest BCUT2D eigenvalue weighted by Crippen LogP contribution is -2.35. The largest absolute Gasteiger partial charge is 0.391 e. The molecule has 1 saturated carbocycles. The molecule has 3 aromatic rings.